The van der Waals surface area contributed by atoms with E-state index in [-0.39, 0.29) is 11.9 Å². The summed E-state index contributed by atoms with van der Waals surface area (Å²) in [7, 11) is 0. The van der Waals surface area contributed by atoms with E-state index >= 15 is 0 Å². The van der Waals surface area contributed by atoms with Crippen molar-refractivity contribution in [1.29, 1.82) is 0 Å². The lowest BCUT2D eigenvalue weighted by Crippen LogP contribution is -3.13. The van der Waals surface area contributed by atoms with Gasteiger partial charge in [-0.2, -0.15) is 0 Å². The van der Waals surface area contributed by atoms with Crippen LogP contribution in [-0.4, -0.2) is 25.5 Å². The summed E-state index contributed by atoms with van der Waals surface area (Å²) in [6, 6.07) is 9.31. The van der Waals surface area contributed by atoms with Gasteiger partial charge in [-0.05, 0) is 49.6 Å². The van der Waals surface area contributed by atoms with Crippen LogP contribution in [0.5, 0.6) is 0 Å². The SMILES string of the molecule is O=C(NC[C@H](c1ccco1)[NH+]1CCCCC1)c1cc(Br)ccc1Cl. The van der Waals surface area contributed by atoms with E-state index in [0.29, 0.717) is 17.1 Å². The Morgan fingerprint density at radius 2 is 2.08 bits per heavy atom. The van der Waals surface area contributed by atoms with Gasteiger partial charge in [0.1, 0.15) is 0 Å². The second-order valence-corrected chi connectivity index (χ2v) is 7.44. The average Bonchev–Trinajstić information content (AvgIpc) is 3.12. The predicted molar refractivity (Wildman–Crippen MR) is 97.5 cm³/mol. The zero-order chi connectivity index (χ0) is 16.9. The molecule has 1 aromatic heterocycles. The molecule has 3 rings (SSSR count). The third kappa shape index (κ3) is 4.21. The van der Waals surface area contributed by atoms with Gasteiger partial charge in [0, 0.05) is 4.47 Å². The van der Waals surface area contributed by atoms with Crippen molar-refractivity contribution >= 4 is 33.4 Å². The van der Waals surface area contributed by atoms with Gasteiger partial charge in [0.2, 0.25) is 0 Å². The van der Waals surface area contributed by atoms with Gasteiger partial charge in [0.15, 0.2) is 11.8 Å². The van der Waals surface area contributed by atoms with Gasteiger partial charge in [-0.15, -0.1) is 0 Å². The number of nitrogens with one attached hydrogen (secondary N) is 2. The van der Waals surface area contributed by atoms with Crippen molar-refractivity contribution in [2.75, 3.05) is 19.6 Å². The smallest absolute Gasteiger partial charge is 0.253 e. The fourth-order valence-corrected chi connectivity index (χ4v) is 3.82. The summed E-state index contributed by atoms with van der Waals surface area (Å²) < 4.78 is 6.46. The molecule has 0 aliphatic carbocycles. The number of quaternary nitrogens is 1. The number of halogens is 2. The van der Waals surface area contributed by atoms with Gasteiger partial charge < -0.3 is 14.6 Å². The lowest BCUT2D eigenvalue weighted by molar-refractivity contribution is -0.936. The highest BCUT2D eigenvalue weighted by molar-refractivity contribution is 9.10. The van der Waals surface area contributed by atoms with Crippen LogP contribution in [0, 0.1) is 0 Å². The second-order valence-electron chi connectivity index (χ2n) is 6.12. The third-order valence-corrected chi connectivity index (χ3v) is 5.34. The Kier molecular flexibility index (Phi) is 5.98. The molecule has 2 N–H and O–H groups in total. The second kappa shape index (κ2) is 8.19. The highest BCUT2D eigenvalue weighted by Gasteiger charge is 2.28. The van der Waals surface area contributed by atoms with Crippen molar-refractivity contribution in [3.8, 4) is 0 Å². The molecular formula is C18H21BrClN2O2+. The summed E-state index contributed by atoms with van der Waals surface area (Å²) in [6.07, 6.45) is 5.42. The molecule has 2 aromatic rings. The first-order valence-corrected chi connectivity index (χ1v) is 9.43. The lowest BCUT2D eigenvalue weighted by atomic mass is 10.1. The van der Waals surface area contributed by atoms with E-state index in [2.05, 4.69) is 21.2 Å². The van der Waals surface area contributed by atoms with Gasteiger partial charge in [0.05, 0.1) is 36.5 Å². The van der Waals surface area contributed by atoms with E-state index in [1.54, 1.807) is 18.4 Å². The molecule has 0 bridgehead atoms. The van der Waals surface area contributed by atoms with Crippen LogP contribution in [0.1, 0.15) is 41.4 Å². The molecule has 1 aromatic carbocycles. The maximum atomic E-state index is 12.5. The third-order valence-electron chi connectivity index (χ3n) is 4.51. The Morgan fingerprint density at radius 1 is 1.29 bits per heavy atom. The maximum Gasteiger partial charge on any atom is 0.253 e. The minimum atomic E-state index is -0.158. The highest BCUT2D eigenvalue weighted by atomic mass is 79.9. The standard InChI is InChI=1S/C18H20BrClN2O2/c19-13-6-7-15(20)14(11-13)18(23)21-12-16(17-5-4-10-24-17)22-8-2-1-3-9-22/h4-7,10-11,16H,1-3,8-9,12H2,(H,21,23)/p+1/t16-/m1/s1. The normalized spacial score (nSPS) is 16.8. The Morgan fingerprint density at radius 3 is 2.79 bits per heavy atom. The van der Waals surface area contributed by atoms with E-state index in [1.165, 1.54) is 24.2 Å². The van der Waals surface area contributed by atoms with Crippen LogP contribution in [0.3, 0.4) is 0 Å². The maximum absolute atomic E-state index is 12.5. The first kappa shape index (κ1) is 17.5. The molecule has 1 aliphatic rings. The number of amides is 1. The van der Waals surface area contributed by atoms with Gasteiger partial charge >= 0.3 is 0 Å². The first-order chi connectivity index (χ1) is 11.6. The van der Waals surface area contributed by atoms with Crippen LogP contribution >= 0.6 is 27.5 Å². The summed E-state index contributed by atoms with van der Waals surface area (Å²) >= 11 is 9.53. The molecule has 1 amide bonds. The first-order valence-electron chi connectivity index (χ1n) is 8.26. The van der Waals surface area contributed by atoms with Crippen molar-refractivity contribution in [1.82, 2.24) is 5.32 Å². The van der Waals surface area contributed by atoms with Crippen LogP contribution in [0.25, 0.3) is 0 Å². The van der Waals surface area contributed by atoms with Crippen LogP contribution in [0.15, 0.2) is 45.5 Å². The summed E-state index contributed by atoms with van der Waals surface area (Å²) in [6.45, 7) is 2.75. The molecule has 0 spiro atoms. The van der Waals surface area contributed by atoms with E-state index in [0.717, 1.165) is 23.3 Å². The van der Waals surface area contributed by atoms with E-state index in [1.807, 2.05) is 18.2 Å². The van der Waals surface area contributed by atoms with E-state index in [9.17, 15) is 4.79 Å². The lowest BCUT2D eigenvalue weighted by Gasteiger charge is -2.30. The quantitative estimate of drug-likeness (QED) is 0.792. The average molecular weight is 413 g/mol. The molecule has 128 valence electrons. The minimum absolute atomic E-state index is 0.134. The Labute approximate surface area is 155 Å². The van der Waals surface area contributed by atoms with Crippen molar-refractivity contribution < 1.29 is 14.1 Å². The van der Waals surface area contributed by atoms with Crippen LogP contribution in [-0.2, 0) is 0 Å². The van der Waals surface area contributed by atoms with Crippen molar-refractivity contribution in [3.63, 3.8) is 0 Å². The summed E-state index contributed by atoms with van der Waals surface area (Å²) in [5.41, 5.74) is 0.484. The Bertz CT molecular complexity index is 684. The number of piperidine rings is 1. The fourth-order valence-electron chi connectivity index (χ4n) is 3.25. The molecule has 0 radical (unpaired) electrons. The fraction of sp³-hybridized carbons (Fsp3) is 0.389. The molecule has 6 heteroatoms. The molecule has 24 heavy (non-hydrogen) atoms. The highest BCUT2D eigenvalue weighted by Crippen LogP contribution is 2.21. The van der Waals surface area contributed by atoms with E-state index < -0.39 is 0 Å². The van der Waals surface area contributed by atoms with Crippen LogP contribution in [0.2, 0.25) is 5.02 Å². The summed E-state index contributed by atoms with van der Waals surface area (Å²) in [4.78, 5) is 14.0. The molecule has 1 fully saturated rings. The molecule has 0 saturated carbocycles. The molecule has 2 heterocycles. The van der Waals surface area contributed by atoms with E-state index in [4.69, 9.17) is 16.0 Å². The van der Waals surface area contributed by atoms with Gasteiger partial charge in [-0.25, -0.2) is 0 Å². The number of hydrogen-bond acceptors (Lipinski definition) is 2. The minimum Gasteiger partial charge on any atom is -0.463 e. The summed E-state index contributed by atoms with van der Waals surface area (Å²) in [5, 5.41) is 3.48. The van der Waals surface area contributed by atoms with Gasteiger partial charge in [0.25, 0.3) is 5.91 Å². The van der Waals surface area contributed by atoms with Gasteiger partial charge in [-0.3, -0.25) is 4.79 Å². The number of furan rings is 1. The summed E-state index contributed by atoms with van der Waals surface area (Å²) in [5.74, 6) is 0.766. The molecule has 1 atom stereocenters. The molecular weight excluding hydrogens is 392 g/mol. The monoisotopic (exact) mass is 411 g/mol. The predicted octanol–water partition coefficient (Wildman–Crippen LogP) is 3.24. The van der Waals surface area contributed by atoms with Gasteiger partial charge in [-0.1, -0.05) is 27.5 Å². The Balaban J connectivity index is 1.71. The number of benzene rings is 1. The van der Waals surface area contributed by atoms with Crippen molar-refractivity contribution in [2.45, 2.75) is 25.3 Å². The van der Waals surface area contributed by atoms with Crippen LogP contribution < -0.4 is 10.2 Å². The zero-order valence-corrected chi connectivity index (χ0v) is 15.7. The number of hydrogen-bond donors (Lipinski definition) is 2. The zero-order valence-electron chi connectivity index (χ0n) is 13.4. The number of carbonyl (C=O) groups excluding carboxylic acids is 1. The van der Waals surface area contributed by atoms with Crippen molar-refractivity contribution in [3.05, 3.63) is 57.4 Å². The van der Waals surface area contributed by atoms with Crippen molar-refractivity contribution in [2.24, 2.45) is 0 Å². The topological polar surface area (TPSA) is 46.7 Å². The number of carbonyl (C=O) groups is 1. The molecule has 1 aliphatic heterocycles. The number of rotatable bonds is 5. The van der Waals surface area contributed by atoms with Crippen LogP contribution in [0.4, 0.5) is 0 Å². The molecule has 4 nitrogen and oxygen atoms in total. The molecule has 1 saturated heterocycles. The number of likely N-dealkylation sites (tertiary alicyclic amines) is 1. The molecule has 0 unspecified atom stereocenters. The Hall–Kier alpha value is -1.30. The largest absolute Gasteiger partial charge is 0.463 e.